The zero-order valence-corrected chi connectivity index (χ0v) is 20.0. The quantitative estimate of drug-likeness (QED) is 0.354. The van der Waals surface area contributed by atoms with Crippen LogP contribution in [0.3, 0.4) is 0 Å². The van der Waals surface area contributed by atoms with E-state index < -0.39 is 6.04 Å². The van der Waals surface area contributed by atoms with E-state index >= 15 is 0 Å². The number of hydrogen-bond donors (Lipinski definition) is 3. The van der Waals surface area contributed by atoms with Crippen molar-refractivity contribution in [3.8, 4) is 0 Å². The minimum Gasteiger partial charge on any atom is -0.351 e. The summed E-state index contributed by atoms with van der Waals surface area (Å²) in [6, 6.07) is 12.3. The van der Waals surface area contributed by atoms with E-state index in [2.05, 4.69) is 26.8 Å². The van der Waals surface area contributed by atoms with Crippen LogP contribution in [0.2, 0.25) is 5.02 Å². The number of rotatable bonds is 5. The Morgan fingerprint density at radius 3 is 2.45 bits per heavy atom. The zero-order valence-electron chi connectivity index (χ0n) is 19.2. The maximum absolute atomic E-state index is 12.8. The largest absolute Gasteiger partial charge is 0.351 e. The number of aryl methyl sites for hydroxylation is 4. The third-order valence-electron chi connectivity index (χ3n) is 5.61. The van der Waals surface area contributed by atoms with Crippen molar-refractivity contribution in [2.24, 2.45) is 0 Å². The van der Waals surface area contributed by atoms with Gasteiger partial charge in [0.2, 0.25) is 5.91 Å². The molecule has 4 aromatic rings. The average Bonchev–Trinajstić information content (AvgIpc) is 3.32. The summed E-state index contributed by atoms with van der Waals surface area (Å²) in [4.78, 5) is 28.6. The molecule has 8 heteroatoms. The summed E-state index contributed by atoms with van der Waals surface area (Å²) in [6.07, 6.45) is 0. The summed E-state index contributed by atoms with van der Waals surface area (Å²) in [6.45, 7) is 9.61. The number of aromatic amines is 1. The van der Waals surface area contributed by atoms with Crippen LogP contribution in [-0.2, 0) is 4.79 Å². The smallest absolute Gasteiger partial charge is 0.272 e. The fraction of sp³-hybridized carbons (Fsp3) is 0.240. The molecule has 2 aromatic carbocycles. The zero-order chi connectivity index (χ0) is 23.9. The summed E-state index contributed by atoms with van der Waals surface area (Å²) in [5.41, 5.74) is 6.37. The van der Waals surface area contributed by atoms with Gasteiger partial charge in [0.25, 0.3) is 5.91 Å². The highest BCUT2D eigenvalue weighted by Crippen LogP contribution is 2.27. The lowest BCUT2D eigenvalue weighted by Gasteiger charge is -2.15. The van der Waals surface area contributed by atoms with Gasteiger partial charge < -0.3 is 15.6 Å². The van der Waals surface area contributed by atoms with Gasteiger partial charge in [-0.15, -0.1) is 0 Å². The van der Waals surface area contributed by atoms with E-state index in [4.69, 9.17) is 11.6 Å². The summed E-state index contributed by atoms with van der Waals surface area (Å²) >= 11 is 6.40. The number of carbonyl (C=O) groups is 2. The van der Waals surface area contributed by atoms with Gasteiger partial charge in [0, 0.05) is 22.3 Å². The van der Waals surface area contributed by atoms with E-state index in [-0.39, 0.29) is 11.8 Å². The number of aromatic nitrogens is 3. The number of hydrogen-bond acceptors (Lipinski definition) is 3. The third-order valence-corrected chi connectivity index (χ3v) is 5.92. The fourth-order valence-corrected chi connectivity index (χ4v) is 4.23. The summed E-state index contributed by atoms with van der Waals surface area (Å²) in [5.74, 6) is -0.502. The first-order valence-electron chi connectivity index (χ1n) is 10.7. The Morgan fingerprint density at radius 2 is 1.79 bits per heavy atom. The second-order valence-corrected chi connectivity index (χ2v) is 8.82. The molecule has 0 aliphatic heterocycles. The molecule has 0 bridgehead atoms. The molecule has 0 aliphatic rings. The molecule has 3 N–H and O–H groups in total. The van der Waals surface area contributed by atoms with Crippen molar-refractivity contribution in [1.29, 1.82) is 0 Å². The molecule has 0 fully saturated rings. The van der Waals surface area contributed by atoms with E-state index in [9.17, 15) is 9.59 Å². The molecular weight excluding hydrogens is 438 g/mol. The molecule has 2 heterocycles. The Kier molecular flexibility index (Phi) is 5.99. The Bertz CT molecular complexity index is 1390. The number of amides is 2. The maximum Gasteiger partial charge on any atom is 0.272 e. The van der Waals surface area contributed by atoms with Crippen LogP contribution < -0.4 is 10.6 Å². The highest BCUT2D eigenvalue weighted by Gasteiger charge is 2.19. The van der Waals surface area contributed by atoms with Crippen LogP contribution in [0, 0.1) is 27.7 Å². The SMILES string of the molecule is Cc1cc(C)c2cc(C(=O)Nc3ccc(NC(=O)C(C)n4nc(C)cc4C)c(Cl)c3)[nH]c2c1. The van der Waals surface area contributed by atoms with Gasteiger partial charge in [-0.2, -0.15) is 5.10 Å². The molecule has 4 rings (SSSR count). The van der Waals surface area contributed by atoms with Crippen LogP contribution in [0.4, 0.5) is 11.4 Å². The van der Waals surface area contributed by atoms with Crippen molar-refractivity contribution < 1.29 is 9.59 Å². The molecule has 33 heavy (non-hydrogen) atoms. The van der Waals surface area contributed by atoms with Crippen molar-refractivity contribution in [2.45, 2.75) is 40.7 Å². The predicted molar refractivity (Wildman–Crippen MR) is 132 cm³/mol. The highest BCUT2D eigenvalue weighted by atomic mass is 35.5. The Hall–Kier alpha value is -3.58. The van der Waals surface area contributed by atoms with Crippen LogP contribution >= 0.6 is 11.6 Å². The first-order valence-corrected chi connectivity index (χ1v) is 11.0. The van der Waals surface area contributed by atoms with E-state index in [1.54, 1.807) is 29.8 Å². The van der Waals surface area contributed by atoms with Crippen molar-refractivity contribution in [1.82, 2.24) is 14.8 Å². The van der Waals surface area contributed by atoms with Gasteiger partial charge in [-0.05, 0) is 82.1 Å². The number of carbonyl (C=O) groups excluding carboxylic acids is 2. The maximum atomic E-state index is 12.8. The lowest BCUT2D eigenvalue weighted by atomic mass is 10.1. The predicted octanol–water partition coefficient (Wildman–Crippen LogP) is 5.70. The minimum atomic E-state index is -0.497. The van der Waals surface area contributed by atoms with Gasteiger partial charge in [0.1, 0.15) is 11.7 Å². The molecule has 1 unspecified atom stereocenters. The number of fused-ring (bicyclic) bond motifs is 1. The molecule has 2 aromatic heterocycles. The van der Waals surface area contributed by atoms with E-state index in [0.29, 0.717) is 22.1 Å². The standard InChI is InChI=1S/C25H26ClN5O2/c1-13-8-14(2)19-12-23(28-22(19)9-13)25(33)27-18-6-7-21(20(26)11-18)29-24(32)17(5)31-16(4)10-15(3)30-31/h6-12,17,28H,1-5H3,(H,27,33)(H,29,32). The van der Waals surface area contributed by atoms with Crippen molar-refractivity contribution in [3.63, 3.8) is 0 Å². The highest BCUT2D eigenvalue weighted by molar-refractivity contribution is 6.34. The molecule has 0 aliphatic carbocycles. The van der Waals surface area contributed by atoms with E-state index in [1.165, 1.54) is 0 Å². The molecule has 2 amide bonds. The van der Waals surface area contributed by atoms with Gasteiger partial charge in [-0.1, -0.05) is 17.7 Å². The second-order valence-electron chi connectivity index (χ2n) is 8.41. The number of halogens is 1. The lowest BCUT2D eigenvalue weighted by molar-refractivity contribution is -0.119. The van der Waals surface area contributed by atoms with Crippen LogP contribution in [0.15, 0.2) is 42.5 Å². The van der Waals surface area contributed by atoms with Crippen molar-refractivity contribution in [2.75, 3.05) is 10.6 Å². The molecule has 0 spiro atoms. The Morgan fingerprint density at radius 1 is 1.03 bits per heavy atom. The third kappa shape index (κ3) is 4.64. The normalized spacial score (nSPS) is 12.1. The topological polar surface area (TPSA) is 91.8 Å². The first-order chi connectivity index (χ1) is 15.6. The van der Waals surface area contributed by atoms with Gasteiger partial charge in [-0.3, -0.25) is 14.3 Å². The Labute approximate surface area is 197 Å². The van der Waals surface area contributed by atoms with E-state index in [0.717, 1.165) is 33.4 Å². The van der Waals surface area contributed by atoms with Crippen LogP contribution in [0.1, 0.15) is 46.0 Å². The average molecular weight is 464 g/mol. The molecule has 170 valence electrons. The minimum absolute atomic E-state index is 0.233. The lowest BCUT2D eigenvalue weighted by Crippen LogP contribution is -2.25. The number of nitrogens with one attached hydrogen (secondary N) is 3. The summed E-state index contributed by atoms with van der Waals surface area (Å²) < 4.78 is 1.68. The van der Waals surface area contributed by atoms with Crippen molar-refractivity contribution >= 4 is 45.7 Å². The van der Waals surface area contributed by atoms with Gasteiger partial charge in [-0.25, -0.2) is 0 Å². The number of anilines is 2. The Balaban J connectivity index is 1.47. The van der Waals surface area contributed by atoms with E-state index in [1.807, 2.05) is 45.9 Å². The second kappa shape index (κ2) is 8.75. The van der Waals surface area contributed by atoms with Crippen LogP contribution in [0.5, 0.6) is 0 Å². The van der Waals surface area contributed by atoms with Crippen LogP contribution in [0.25, 0.3) is 10.9 Å². The number of H-pyrrole nitrogens is 1. The summed E-state index contributed by atoms with van der Waals surface area (Å²) in [5, 5.41) is 11.4. The van der Waals surface area contributed by atoms with Crippen molar-refractivity contribution in [3.05, 3.63) is 75.7 Å². The molecular formula is C25H26ClN5O2. The first kappa shape index (κ1) is 22.6. The molecule has 0 saturated carbocycles. The van der Waals surface area contributed by atoms with Gasteiger partial charge >= 0.3 is 0 Å². The van der Waals surface area contributed by atoms with Crippen LogP contribution in [-0.4, -0.2) is 26.6 Å². The van der Waals surface area contributed by atoms with Gasteiger partial charge in [0.15, 0.2) is 0 Å². The van der Waals surface area contributed by atoms with Gasteiger partial charge in [0.05, 0.1) is 16.4 Å². The molecule has 0 saturated heterocycles. The number of nitrogens with zero attached hydrogens (tertiary/aromatic N) is 2. The number of benzene rings is 2. The fourth-order valence-electron chi connectivity index (χ4n) is 4.00. The summed E-state index contributed by atoms with van der Waals surface area (Å²) in [7, 11) is 0. The molecule has 1 atom stereocenters. The monoisotopic (exact) mass is 463 g/mol. The molecule has 7 nitrogen and oxygen atoms in total. The molecule has 0 radical (unpaired) electrons.